The Bertz CT molecular complexity index is 924. The fraction of sp³-hybridized carbons (Fsp3) is 0.167. The summed E-state index contributed by atoms with van der Waals surface area (Å²) in [4.78, 5) is 18.6. The number of nitrogen functional groups attached to an aromatic ring is 1. The first-order chi connectivity index (χ1) is 9.77. The zero-order valence-corrected chi connectivity index (χ0v) is 13.6. The third kappa shape index (κ3) is 2.47. The van der Waals surface area contributed by atoms with Gasteiger partial charge in [0, 0.05) is 15.2 Å². The average Bonchev–Trinajstić information content (AvgIpc) is 2.35. The third-order valence-corrected chi connectivity index (χ3v) is 5.61. The van der Waals surface area contributed by atoms with Crippen LogP contribution in [0.3, 0.4) is 0 Å². The Balaban J connectivity index is 2.37. The summed E-state index contributed by atoms with van der Waals surface area (Å²) >= 11 is 3.20. The molecule has 3 rings (SSSR count). The fourth-order valence-electron chi connectivity index (χ4n) is 2.47. The normalized spacial score (nSPS) is 13.6. The van der Waals surface area contributed by atoms with E-state index in [1.807, 2.05) is 0 Å². The lowest BCUT2D eigenvalue weighted by Crippen LogP contribution is -2.21. The van der Waals surface area contributed by atoms with Crippen molar-refractivity contribution in [3.63, 3.8) is 0 Å². The second kappa shape index (κ2) is 4.82. The number of fused-ring (bicyclic) bond motifs is 3. The Morgan fingerprint density at radius 1 is 1.33 bits per heavy atom. The molecular weight excluding hydrogens is 382 g/mol. The molecule has 0 fully saturated rings. The SMILES string of the molecule is Nc1nc2c(c(=O)[nH]1)-c1cc(S(=O)(=O)Cl)c(Br)cc1CC2. The summed E-state index contributed by atoms with van der Waals surface area (Å²) in [7, 11) is 1.50. The summed E-state index contributed by atoms with van der Waals surface area (Å²) in [5, 5.41) is 0. The van der Waals surface area contributed by atoms with E-state index in [0.29, 0.717) is 34.1 Å². The molecule has 21 heavy (non-hydrogen) atoms. The number of nitrogens with two attached hydrogens (primary N) is 1. The quantitative estimate of drug-likeness (QED) is 0.722. The largest absolute Gasteiger partial charge is 0.369 e. The number of rotatable bonds is 1. The monoisotopic (exact) mass is 389 g/mol. The molecule has 0 aliphatic heterocycles. The van der Waals surface area contributed by atoms with Gasteiger partial charge in [0.2, 0.25) is 5.95 Å². The van der Waals surface area contributed by atoms with Gasteiger partial charge in [-0.15, -0.1) is 0 Å². The molecule has 1 aliphatic carbocycles. The second-order valence-corrected chi connectivity index (χ2v) is 8.04. The summed E-state index contributed by atoms with van der Waals surface area (Å²) in [6, 6.07) is 3.07. The first-order valence-electron chi connectivity index (χ1n) is 5.93. The number of nitrogens with one attached hydrogen (secondary N) is 1. The average molecular weight is 391 g/mol. The molecule has 1 aliphatic rings. The molecule has 0 bridgehead atoms. The molecule has 0 radical (unpaired) electrons. The molecule has 0 saturated heterocycles. The highest BCUT2D eigenvalue weighted by molar-refractivity contribution is 9.10. The molecule has 1 aromatic carbocycles. The fourth-order valence-corrected chi connectivity index (χ4v) is 4.71. The minimum absolute atomic E-state index is 0.0458. The van der Waals surface area contributed by atoms with Crippen molar-refractivity contribution in [2.24, 2.45) is 0 Å². The highest BCUT2D eigenvalue weighted by Gasteiger charge is 2.25. The number of hydrogen-bond donors (Lipinski definition) is 2. The number of nitrogens with zero attached hydrogens (tertiary/aromatic N) is 1. The number of hydrogen-bond acceptors (Lipinski definition) is 5. The van der Waals surface area contributed by atoms with Crippen LogP contribution in [0.2, 0.25) is 0 Å². The molecule has 0 atom stereocenters. The van der Waals surface area contributed by atoms with Gasteiger partial charge >= 0.3 is 0 Å². The van der Waals surface area contributed by atoms with Crippen molar-refractivity contribution in [1.29, 1.82) is 0 Å². The van der Waals surface area contributed by atoms with Gasteiger partial charge in [-0.1, -0.05) is 0 Å². The molecule has 9 heteroatoms. The maximum absolute atomic E-state index is 12.1. The minimum Gasteiger partial charge on any atom is -0.369 e. The Kier molecular flexibility index (Phi) is 3.34. The van der Waals surface area contributed by atoms with Crippen molar-refractivity contribution in [2.45, 2.75) is 17.7 Å². The maximum atomic E-state index is 12.1. The number of benzene rings is 1. The predicted octanol–water partition coefficient (Wildman–Crippen LogP) is 1.81. The van der Waals surface area contributed by atoms with E-state index in [1.54, 1.807) is 6.07 Å². The zero-order chi connectivity index (χ0) is 15.4. The molecule has 6 nitrogen and oxygen atoms in total. The third-order valence-electron chi connectivity index (χ3n) is 3.33. The van der Waals surface area contributed by atoms with Crippen LogP contribution in [-0.2, 0) is 21.9 Å². The van der Waals surface area contributed by atoms with Crippen LogP contribution in [0, 0.1) is 0 Å². The molecule has 1 aromatic heterocycles. The Morgan fingerprint density at radius 3 is 2.71 bits per heavy atom. The molecule has 2 aromatic rings. The molecule has 0 amide bonds. The number of aromatic amines is 1. The summed E-state index contributed by atoms with van der Waals surface area (Å²) < 4.78 is 23.6. The molecule has 1 heterocycles. The first-order valence-corrected chi connectivity index (χ1v) is 9.03. The maximum Gasteiger partial charge on any atom is 0.262 e. The van der Waals surface area contributed by atoms with Gasteiger partial charge in [0.1, 0.15) is 0 Å². The van der Waals surface area contributed by atoms with Crippen molar-refractivity contribution in [2.75, 3.05) is 5.73 Å². The van der Waals surface area contributed by atoms with E-state index in [4.69, 9.17) is 16.4 Å². The molecule has 0 saturated carbocycles. The summed E-state index contributed by atoms with van der Waals surface area (Å²) in [5.74, 6) is 0.0458. The van der Waals surface area contributed by atoms with Gasteiger partial charge in [0.05, 0.1) is 16.2 Å². The zero-order valence-electron chi connectivity index (χ0n) is 10.5. The van der Waals surface area contributed by atoms with Crippen LogP contribution >= 0.6 is 26.6 Å². The number of halogens is 2. The summed E-state index contributed by atoms with van der Waals surface area (Å²) in [6.45, 7) is 0. The molecule has 110 valence electrons. The van der Waals surface area contributed by atoms with Gasteiger partial charge < -0.3 is 5.73 Å². The van der Waals surface area contributed by atoms with Crippen LogP contribution in [-0.4, -0.2) is 18.4 Å². The topological polar surface area (TPSA) is 106 Å². The van der Waals surface area contributed by atoms with E-state index in [9.17, 15) is 13.2 Å². The number of H-pyrrole nitrogens is 1. The molecule has 0 spiro atoms. The van der Waals surface area contributed by atoms with Gasteiger partial charge in [-0.3, -0.25) is 9.78 Å². The predicted molar refractivity (Wildman–Crippen MR) is 82.9 cm³/mol. The van der Waals surface area contributed by atoms with Gasteiger partial charge in [0.25, 0.3) is 14.6 Å². The molecule has 0 unspecified atom stereocenters. The first kappa shape index (κ1) is 14.6. The van der Waals surface area contributed by atoms with Crippen LogP contribution in [0.25, 0.3) is 11.1 Å². The van der Waals surface area contributed by atoms with E-state index in [2.05, 4.69) is 25.9 Å². The van der Waals surface area contributed by atoms with Crippen LogP contribution in [0.1, 0.15) is 11.3 Å². The van der Waals surface area contributed by atoms with Crippen molar-refractivity contribution >= 4 is 41.6 Å². The van der Waals surface area contributed by atoms with Crippen LogP contribution in [0.4, 0.5) is 5.95 Å². The second-order valence-electron chi connectivity index (χ2n) is 4.65. The Hall–Kier alpha value is -1.38. The van der Waals surface area contributed by atoms with E-state index < -0.39 is 14.6 Å². The van der Waals surface area contributed by atoms with Gasteiger partial charge in [-0.25, -0.2) is 13.4 Å². The molecular formula is C12H9BrClN3O3S. The lowest BCUT2D eigenvalue weighted by molar-refractivity contribution is 0.609. The number of aryl methyl sites for hydroxylation is 2. The number of anilines is 1. The minimum atomic E-state index is -3.92. The van der Waals surface area contributed by atoms with E-state index in [1.165, 1.54) is 6.07 Å². The standard InChI is InChI=1S/C12H9BrClN3O3S/c13-7-3-5-1-2-8-10(11(18)17-12(15)16-8)6(5)4-9(7)21(14,19)20/h3-4H,1-2H2,(H3,15,16,17,18). The van der Waals surface area contributed by atoms with Gasteiger partial charge in [-0.2, -0.15) is 0 Å². The number of aromatic nitrogens is 2. The van der Waals surface area contributed by atoms with Crippen LogP contribution < -0.4 is 11.3 Å². The van der Waals surface area contributed by atoms with Crippen LogP contribution in [0.5, 0.6) is 0 Å². The van der Waals surface area contributed by atoms with E-state index in [-0.39, 0.29) is 10.8 Å². The summed E-state index contributed by atoms with van der Waals surface area (Å²) in [5.41, 5.74) is 7.43. The van der Waals surface area contributed by atoms with Gasteiger partial charge in [0.15, 0.2) is 0 Å². The Labute approximate surface area is 132 Å². The van der Waals surface area contributed by atoms with E-state index >= 15 is 0 Å². The van der Waals surface area contributed by atoms with Crippen LogP contribution in [0.15, 0.2) is 26.3 Å². The Morgan fingerprint density at radius 2 is 2.05 bits per heavy atom. The lowest BCUT2D eigenvalue weighted by atomic mass is 9.89. The van der Waals surface area contributed by atoms with Crippen molar-refractivity contribution < 1.29 is 8.42 Å². The van der Waals surface area contributed by atoms with Crippen molar-refractivity contribution in [1.82, 2.24) is 9.97 Å². The highest BCUT2D eigenvalue weighted by Crippen LogP contribution is 2.36. The molecule has 3 N–H and O–H groups in total. The van der Waals surface area contributed by atoms with Crippen molar-refractivity contribution in [3.05, 3.63) is 38.2 Å². The highest BCUT2D eigenvalue weighted by atomic mass is 79.9. The van der Waals surface area contributed by atoms with E-state index in [0.717, 1.165) is 5.56 Å². The van der Waals surface area contributed by atoms with Crippen molar-refractivity contribution in [3.8, 4) is 11.1 Å². The van der Waals surface area contributed by atoms with Gasteiger partial charge in [-0.05, 0) is 52.0 Å². The smallest absolute Gasteiger partial charge is 0.262 e. The lowest BCUT2D eigenvalue weighted by Gasteiger charge is -2.19. The summed E-state index contributed by atoms with van der Waals surface area (Å²) in [6.07, 6.45) is 1.20.